The Morgan fingerprint density at radius 1 is 0.867 bits per heavy atom. The number of benzene rings is 2. The Hall–Kier alpha value is -2.65. The number of halogens is 3. The zero-order chi connectivity index (χ0) is 21.7. The second-order valence-corrected chi connectivity index (χ2v) is 6.75. The fraction of sp³-hybridized carbons (Fsp3) is 0.429. The molecule has 1 fully saturated rings. The minimum Gasteiger partial charge on any atom is -0.496 e. The summed E-state index contributed by atoms with van der Waals surface area (Å²) in [5.41, 5.74) is 1.58. The van der Waals surface area contributed by atoms with Gasteiger partial charge in [0.05, 0.1) is 32.9 Å². The van der Waals surface area contributed by atoms with Crippen LogP contribution in [0.1, 0.15) is 17.2 Å². The van der Waals surface area contributed by atoms with E-state index < -0.39 is 6.36 Å². The molecule has 0 aromatic heterocycles. The number of methoxy groups -OCH3 is 3. The number of alkyl halides is 3. The van der Waals surface area contributed by atoms with E-state index in [9.17, 15) is 13.2 Å². The van der Waals surface area contributed by atoms with Crippen molar-refractivity contribution in [2.75, 3.05) is 47.5 Å². The highest BCUT2D eigenvalue weighted by molar-refractivity contribution is 5.55. The molecule has 1 N–H and O–H groups in total. The van der Waals surface area contributed by atoms with E-state index in [1.165, 1.54) is 12.1 Å². The van der Waals surface area contributed by atoms with Crippen LogP contribution < -0.4 is 24.3 Å². The Kier molecular flexibility index (Phi) is 6.94. The summed E-state index contributed by atoms with van der Waals surface area (Å²) in [4.78, 5) is 2.24. The van der Waals surface area contributed by atoms with Crippen molar-refractivity contribution in [1.29, 1.82) is 0 Å². The molecular weight excluding hydrogens is 401 g/mol. The molecule has 1 heterocycles. The molecule has 3 rings (SSSR count). The van der Waals surface area contributed by atoms with Crippen molar-refractivity contribution in [1.82, 2.24) is 10.2 Å². The zero-order valence-corrected chi connectivity index (χ0v) is 17.1. The maximum absolute atomic E-state index is 12.5. The van der Waals surface area contributed by atoms with Crippen LogP contribution in [0, 0.1) is 0 Å². The van der Waals surface area contributed by atoms with Gasteiger partial charge in [-0.3, -0.25) is 4.90 Å². The third kappa shape index (κ3) is 5.09. The van der Waals surface area contributed by atoms with Crippen LogP contribution in [-0.4, -0.2) is 58.8 Å². The zero-order valence-electron chi connectivity index (χ0n) is 17.1. The normalized spacial score (nSPS) is 16.1. The second-order valence-electron chi connectivity index (χ2n) is 6.75. The van der Waals surface area contributed by atoms with Gasteiger partial charge in [-0.05, 0) is 17.7 Å². The summed E-state index contributed by atoms with van der Waals surface area (Å²) in [5, 5.41) is 3.31. The first-order chi connectivity index (χ1) is 14.4. The van der Waals surface area contributed by atoms with Crippen LogP contribution in [0.3, 0.4) is 0 Å². The maximum Gasteiger partial charge on any atom is 0.573 e. The highest BCUT2D eigenvalue weighted by Crippen LogP contribution is 2.43. The average Bonchev–Trinajstić information content (AvgIpc) is 2.74. The fourth-order valence-electron chi connectivity index (χ4n) is 3.65. The summed E-state index contributed by atoms with van der Waals surface area (Å²) in [7, 11) is 4.68. The minimum absolute atomic E-state index is 0.265. The Labute approximate surface area is 173 Å². The van der Waals surface area contributed by atoms with Crippen LogP contribution in [0.15, 0.2) is 36.4 Å². The van der Waals surface area contributed by atoms with Gasteiger partial charge in [0.2, 0.25) is 0 Å². The number of nitrogens with zero attached hydrogens (tertiary/aromatic N) is 1. The van der Waals surface area contributed by atoms with Gasteiger partial charge in [0, 0.05) is 38.3 Å². The monoisotopic (exact) mass is 426 g/mol. The van der Waals surface area contributed by atoms with Crippen LogP contribution >= 0.6 is 0 Å². The second kappa shape index (κ2) is 9.44. The SMILES string of the molecule is COc1cc(OC)c([C@@H](c2ccc(OC(F)(F)F)cc2)N2CCNCC2)c(OC)c1. The molecule has 0 amide bonds. The molecular formula is C21H25F3N2O4. The lowest BCUT2D eigenvalue weighted by Gasteiger charge is -2.36. The number of rotatable bonds is 7. The van der Waals surface area contributed by atoms with E-state index in [4.69, 9.17) is 14.2 Å². The van der Waals surface area contributed by atoms with Crippen LogP contribution in [0.4, 0.5) is 13.2 Å². The summed E-state index contributed by atoms with van der Waals surface area (Å²) in [6, 6.07) is 9.17. The summed E-state index contributed by atoms with van der Waals surface area (Å²) in [6.45, 7) is 3.10. The van der Waals surface area contributed by atoms with E-state index in [0.717, 1.165) is 37.3 Å². The van der Waals surface area contributed by atoms with E-state index in [0.29, 0.717) is 17.2 Å². The highest BCUT2D eigenvalue weighted by atomic mass is 19.4. The molecule has 1 aliphatic heterocycles. The quantitative estimate of drug-likeness (QED) is 0.730. The Morgan fingerprint density at radius 3 is 1.90 bits per heavy atom. The topological polar surface area (TPSA) is 52.2 Å². The molecule has 30 heavy (non-hydrogen) atoms. The molecule has 2 aromatic carbocycles. The Balaban J connectivity index is 2.08. The van der Waals surface area contributed by atoms with Crippen molar-refractivity contribution in [3.63, 3.8) is 0 Å². The molecule has 6 nitrogen and oxygen atoms in total. The van der Waals surface area contributed by atoms with Gasteiger partial charge in [0.15, 0.2) is 0 Å². The maximum atomic E-state index is 12.5. The van der Waals surface area contributed by atoms with Crippen LogP contribution in [0.25, 0.3) is 0 Å². The van der Waals surface area contributed by atoms with E-state index in [1.807, 2.05) is 0 Å². The molecule has 9 heteroatoms. The van der Waals surface area contributed by atoms with Crippen LogP contribution in [0.5, 0.6) is 23.0 Å². The third-order valence-corrected chi connectivity index (χ3v) is 4.97. The van der Waals surface area contributed by atoms with E-state index in [1.54, 1.807) is 45.6 Å². The van der Waals surface area contributed by atoms with Crippen molar-refractivity contribution in [2.45, 2.75) is 12.4 Å². The average molecular weight is 426 g/mol. The number of nitrogens with one attached hydrogen (secondary N) is 1. The van der Waals surface area contributed by atoms with E-state index in [2.05, 4.69) is 15.0 Å². The molecule has 2 aromatic rings. The van der Waals surface area contributed by atoms with Gasteiger partial charge in [0.25, 0.3) is 0 Å². The lowest BCUT2D eigenvalue weighted by molar-refractivity contribution is -0.274. The highest BCUT2D eigenvalue weighted by Gasteiger charge is 2.32. The molecule has 0 radical (unpaired) electrons. The largest absolute Gasteiger partial charge is 0.573 e. The molecule has 0 bridgehead atoms. The van der Waals surface area contributed by atoms with Gasteiger partial charge in [-0.25, -0.2) is 0 Å². The van der Waals surface area contributed by atoms with Gasteiger partial charge < -0.3 is 24.3 Å². The molecule has 1 atom stereocenters. The molecule has 0 saturated carbocycles. The molecule has 0 aliphatic carbocycles. The first kappa shape index (κ1) is 22.0. The standard InChI is InChI=1S/C21H25F3N2O4/c1-27-16-12-17(28-2)19(18(13-16)29-3)20(26-10-8-25-9-11-26)14-4-6-15(7-5-14)30-21(22,23)24/h4-7,12-13,20,25H,8-11H2,1-3H3/t20-/m1/s1. The molecule has 1 saturated heterocycles. The Bertz CT molecular complexity index is 812. The van der Waals surface area contributed by atoms with E-state index in [-0.39, 0.29) is 11.8 Å². The first-order valence-corrected chi connectivity index (χ1v) is 9.46. The van der Waals surface area contributed by atoms with Gasteiger partial charge in [-0.15, -0.1) is 13.2 Å². The lowest BCUT2D eigenvalue weighted by atomic mass is 9.94. The number of hydrogen-bond donors (Lipinski definition) is 1. The summed E-state index contributed by atoms with van der Waals surface area (Å²) >= 11 is 0. The van der Waals surface area contributed by atoms with Crippen molar-refractivity contribution in [2.24, 2.45) is 0 Å². The number of hydrogen-bond acceptors (Lipinski definition) is 6. The summed E-state index contributed by atoms with van der Waals surface area (Å²) in [6.07, 6.45) is -4.73. The minimum atomic E-state index is -4.73. The fourth-order valence-corrected chi connectivity index (χ4v) is 3.65. The van der Waals surface area contributed by atoms with Gasteiger partial charge in [0.1, 0.15) is 23.0 Å². The van der Waals surface area contributed by atoms with Crippen molar-refractivity contribution in [3.05, 3.63) is 47.5 Å². The number of piperazine rings is 1. The lowest BCUT2D eigenvalue weighted by Crippen LogP contribution is -2.45. The van der Waals surface area contributed by atoms with Crippen molar-refractivity contribution < 1.29 is 32.1 Å². The van der Waals surface area contributed by atoms with Gasteiger partial charge >= 0.3 is 6.36 Å². The molecule has 0 spiro atoms. The summed E-state index contributed by atoms with van der Waals surface area (Å²) < 4.78 is 58.3. The van der Waals surface area contributed by atoms with E-state index >= 15 is 0 Å². The van der Waals surface area contributed by atoms with Crippen LogP contribution in [0.2, 0.25) is 0 Å². The predicted molar refractivity (Wildman–Crippen MR) is 106 cm³/mol. The molecule has 0 unspecified atom stereocenters. The smallest absolute Gasteiger partial charge is 0.496 e. The number of ether oxygens (including phenoxy) is 4. The Morgan fingerprint density at radius 2 is 1.43 bits per heavy atom. The first-order valence-electron chi connectivity index (χ1n) is 9.46. The van der Waals surface area contributed by atoms with Gasteiger partial charge in [-0.2, -0.15) is 0 Å². The van der Waals surface area contributed by atoms with Crippen LogP contribution in [-0.2, 0) is 0 Å². The predicted octanol–water partition coefficient (Wildman–Crippen LogP) is 3.61. The van der Waals surface area contributed by atoms with Gasteiger partial charge in [-0.1, -0.05) is 12.1 Å². The summed E-state index contributed by atoms with van der Waals surface area (Å²) in [5.74, 6) is 1.47. The molecule has 1 aliphatic rings. The van der Waals surface area contributed by atoms with Crippen molar-refractivity contribution >= 4 is 0 Å². The van der Waals surface area contributed by atoms with Crippen molar-refractivity contribution in [3.8, 4) is 23.0 Å². The molecule has 164 valence electrons. The third-order valence-electron chi connectivity index (χ3n) is 4.97.